The molecule has 3 aliphatic rings. The molecule has 2 aromatic rings. The van der Waals surface area contributed by atoms with Crippen LogP contribution in [-0.2, 0) is 28.9 Å². The minimum absolute atomic E-state index is 0.116. The number of aromatic nitrogens is 2. The fourth-order valence-electron chi connectivity index (χ4n) is 4.58. The topological polar surface area (TPSA) is 96.5 Å². The van der Waals surface area contributed by atoms with Crippen LogP contribution in [0.2, 0.25) is 0 Å². The Bertz CT molecular complexity index is 946. The smallest absolute Gasteiger partial charge is 0.326 e. The van der Waals surface area contributed by atoms with Crippen LogP contribution in [0.25, 0.3) is 11.5 Å². The lowest BCUT2D eigenvalue weighted by atomic mass is 10.0. The summed E-state index contributed by atoms with van der Waals surface area (Å²) < 4.78 is 5.65. The van der Waals surface area contributed by atoms with Crippen molar-refractivity contribution in [3.05, 3.63) is 21.1 Å². The molecule has 7 nitrogen and oxygen atoms in total. The molecule has 0 aromatic carbocycles. The van der Waals surface area contributed by atoms with Crippen LogP contribution in [-0.4, -0.2) is 44.6 Å². The Morgan fingerprint density at radius 2 is 1.97 bits per heavy atom. The zero-order valence-electron chi connectivity index (χ0n) is 16.4. The van der Waals surface area contributed by atoms with Crippen molar-refractivity contribution in [1.82, 2.24) is 15.0 Å². The van der Waals surface area contributed by atoms with Gasteiger partial charge < -0.3 is 14.5 Å². The van der Waals surface area contributed by atoms with E-state index in [1.54, 1.807) is 11.3 Å². The maximum atomic E-state index is 13.0. The first-order valence-corrected chi connectivity index (χ1v) is 11.4. The normalized spacial score (nSPS) is 21.8. The number of fused-ring (bicyclic) bond motifs is 1. The van der Waals surface area contributed by atoms with Crippen molar-refractivity contribution >= 4 is 23.2 Å². The van der Waals surface area contributed by atoms with Gasteiger partial charge in [-0.1, -0.05) is 11.6 Å². The summed E-state index contributed by atoms with van der Waals surface area (Å²) in [6, 6.07) is -0.700. The molecule has 29 heavy (non-hydrogen) atoms. The predicted octanol–water partition coefficient (Wildman–Crippen LogP) is 3.56. The maximum absolute atomic E-state index is 13.0. The average molecular weight is 416 g/mol. The molecule has 2 fully saturated rings. The summed E-state index contributed by atoms with van der Waals surface area (Å²) in [5, 5.41) is 13.6. The fourth-order valence-corrected chi connectivity index (χ4v) is 5.96. The molecular formula is C21H25N3O4S. The standard InChI is InChI=1S/C21H25N3O4S/c25-17(24-10-4-6-14(24)21(26)27)11-16-18(13-5-2-1-3-7-15(13)29-16)20-22-19(23-28-20)12-8-9-12/h12,14H,1-11H2,(H,26,27)/t14-/m1/s1. The van der Waals surface area contributed by atoms with E-state index in [0.717, 1.165) is 61.2 Å². The van der Waals surface area contributed by atoms with Crippen LogP contribution in [0.15, 0.2) is 4.52 Å². The first-order chi connectivity index (χ1) is 14.1. The van der Waals surface area contributed by atoms with Gasteiger partial charge in [-0.2, -0.15) is 4.98 Å². The number of carbonyl (C=O) groups is 2. The molecular weight excluding hydrogens is 390 g/mol. The number of nitrogens with zero attached hydrogens (tertiary/aromatic N) is 3. The van der Waals surface area contributed by atoms with Gasteiger partial charge in [-0.05, 0) is 56.9 Å². The van der Waals surface area contributed by atoms with E-state index in [2.05, 4.69) is 10.1 Å². The molecule has 8 heteroatoms. The maximum Gasteiger partial charge on any atom is 0.326 e. The van der Waals surface area contributed by atoms with E-state index in [9.17, 15) is 14.7 Å². The monoisotopic (exact) mass is 415 g/mol. The third kappa shape index (κ3) is 3.58. The summed E-state index contributed by atoms with van der Waals surface area (Å²) >= 11 is 1.68. The third-order valence-corrected chi connectivity index (χ3v) is 7.55. The molecule has 1 aliphatic heterocycles. The van der Waals surface area contributed by atoms with Crippen molar-refractivity contribution in [2.45, 2.75) is 76.2 Å². The number of amides is 1. The number of hydrogen-bond donors (Lipinski definition) is 1. The van der Waals surface area contributed by atoms with Crippen molar-refractivity contribution in [2.24, 2.45) is 0 Å². The molecule has 0 radical (unpaired) electrons. The Labute approximate surface area is 173 Å². The SMILES string of the molecule is O=C(O)[C@H]1CCCN1C(=O)Cc1sc2c(c1-c1nc(C3CC3)no1)CCCCC2. The van der Waals surface area contributed by atoms with Crippen LogP contribution >= 0.6 is 11.3 Å². The highest BCUT2D eigenvalue weighted by molar-refractivity contribution is 7.12. The summed E-state index contributed by atoms with van der Waals surface area (Å²) in [5.74, 6) is 0.691. The Hall–Kier alpha value is -2.22. The second-order valence-corrected chi connectivity index (χ2v) is 9.54. The van der Waals surface area contributed by atoms with E-state index >= 15 is 0 Å². The first-order valence-electron chi connectivity index (χ1n) is 10.6. The number of thiophene rings is 1. The summed E-state index contributed by atoms with van der Waals surface area (Å²) in [4.78, 5) is 33.0. The van der Waals surface area contributed by atoms with Crippen molar-refractivity contribution < 1.29 is 19.2 Å². The lowest BCUT2D eigenvalue weighted by Gasteiger charge is -2.21. The van der Waals surface area contributed by atoms with Gasteiger partial charge in [0, 0.05) is 22.2 Å². The Morgan fingerprint density at radius 3 is 2.76 bits per heavy atom. The number of aryl methyl sites for hydroxylation is 1. The lowest BCUT2D eigenvalue weighted by Crippen LogP contribution is -2.41. The molecule has 0 spiro atoms. The Kier molecular flexibility index (Phi) is 4.89. The molecule has 2 aromatic heterocycles. The second kappa shape index (κ2) is 7.55. The van der Waals surface area contributed by atoms with Gasteiger partial charge in [0.25, 0.3) is 5.89 Å². The number of hydrogen-bond acceptors (Lipinski definition) is 6. The third-order valence-electron chi connectivity index (χ3n) is 6.26. The molecule has 0 bridgehead atoms. The summed E-state index contributed by atoms with van der Waals surface area (Å²) in [7, 11) is 0. The molecule has 1 atom stereocenters. The second-order valence-electron chi connectivity index (χ2n) is 8.35. The van der Waals surface area contributed by atoms with E-state index in [0.29, 0.717) is 24.8 Å². The summed E-state index contributed by atoms with van der Waals surface area (Å²) in [6.45, 7) is 0.516. The molecule has 154 valence electrons. The molecule has 1 saturated carbocycles. The minimum atomic E-state index is -0.913. The zero-order valence-corrected chi connectivity index (χ0v) is 17.2. The molecule has 1 N–H and O–H groups in total. The van der Waals surface area contributed by atoms with Crippen molar-refractivity contribution in [3.63, 3.8) is 0 Å². The number of carboxylic acid groups (broad SMARTS) is 1. The summed E-state index contributed by atoms with van der Waals surface area (Å²) in [6.07, 6.45) is 9.18. The highest BCUT2D eigenvalue weighted by Crippen LogP contribution is 2.43. The largest absolute Gasteiger partial charge is 0.480 e. The van der Waals surface area contributed by atoms with Crippen LogP contribution in [0.3, 0.4) is 0 Å². The van der Waals surface area contributed by atoms with Gasteiger partial charge in [0.1, 0.15) is 6.04 Å². The van der Waals surface area contributed by atoms with Gasteiger partial charge >= 0.3 is 5.97 Å². The van der Waals surface area contributed by atoms with Crippen molar-refractivity contribution in [2.75, 3.05) is 6.54 Å². The molecule has 2 aliphatic carbocycles. The fraction of sp³-hybridized carbons (Fsp3) is 0.619. The highest BCUT2D eigenvalue weighted by atomic mass is 32.1. The molecule has 1 saturated heterocycles. The van der Waals surface area contributed by atoms with Gasteiger partial charge in [0.15, 0.2) is 5.82 Å². The zero-order chi connectivity index (χ0) is 20.0. The molecule has 0 unspecified atom stereocenters. The predicted molar refractivity (Wildman–Crippen MR) is 107 cm³/mol. The van der Waals surface area contributed by atoms with Crippen LogP contribution in [0.5, 0.6) is 0 Å². The summed E-state index contributed by atoms with van der Waals surface area (Å²) in [5.41, 5.74) is 2.21. The number of rotatable bonds is 5. The average Bonchev–Trinajstić information content (AvgIpc) is 3.16. The quantitative estimate of drug-likeness (QED) is 0.750. The lowest BCUT2D eigenvalue weighted by molar-refractivity contribution is -0.147. The minimum Gasteiger partial charge on any atom is -0.480 e. The Balaban J connectivity index is 1.48. The number of likely N-dealkylation sites (tertiary alicyclic amines) is 1. The molecule has 5 rings (SSSR count). The van der Waals surface area contributed by atoms with Gasteiger partial charge in [0.05, 0.1) is 12.0 Å². The first kappa shape index (κ1) is 18.8. The highest BCUT2D eigenvalue weighted by Gasteiger charge is 2.36. The van der Waals surface area contributed by atoms with Crippen molar-refractivity contribution in [1.29, 1.82) is 0 Å². The van der Waals surface area contributed by atoms with Crippen molar-refractivity contribution in [3.8, 4) is 11.5 Å². The van der Waals surface area contributed by atoms with Gasteiger partial charge in [0.2, 0.25) is 5.91 Å². The van der Waals surface area contributed by atoms with E-state index in [-0.39, 0.29) is 12.3 Å². The van der Waals surface area contributed by atoms with E-state index in [4.69, 9.17) is 4.52 Å². The van der Waals surface area contributed by atoms with Crippen LogP contribution < -0.4 is 0 Å². The van der Waals surface area contributed by atoms with E-state index in [1.165, 1.54) is 21.8 Å². The Morgan fingerprint density at radius 1 is 1.14 bits per heavy atom. The number of carboxylic acids is 1. The van der Waals surface area contributed by atoms with Gasteiger partial charge in [-0.15, -0.1) is 11.3 Å². The number of carbonyl (C=O) groups excluding carboxylic acids is 1. The van der Waals surface area contributed by atoms with E-state index in [1.807, 2.05) is 0 Å². The van der Waals surface area contributed by atoms with Gasteiger partial charge in [-0.3, -0.25) is 4.79 Å². The van der Waals surface area contributed by atoms with Gasteiger partial charge in [-0.25, -0.2) is 4.79 Å². The van der Waals surface area contributed by atoms with Crippen LogP contribution in [0, 0.1) is 0 Å². The van der Waals surface area contributed by atoms with E-state index < -0.39 is 12.0 Å². The number of aliphatic carboxylic acids is 1. The molecule has 3 heterocycles. The van der Waals surface area contributed by atoms with Crippen LogP contribution in [0.4, 0.5) is 0 Å². The molecule has 1 amide bonds. The van der Waals surface area contributed by atoms with Crippen LogP contribution in [0.1, 0.15) is 72.0 Å².